The van der Waals surface area contributed by atoms with E-state index in [1.165, 1.54) is 36.0 Å². The van der Waals surface area contributed by atoms with E-state index in [1.54, 1.807) is 0 Å². The van der Waals surface area contributed by atoms with Gasteiger partial charge in [0.15, 0.2) is 5.78 Å². The van der Waals surface area contributed by atoms with E-state index in [4.69, 9.17) is 4.74 Å². The van der Waals surface area contributed by atoms with E-state index in [0.717, 1.165) is 63.6 Å². The van der Waals surface area contributed by atoms with Gasteiger partial charge in [-0.15, -0.1) is 0 Å². The lowest BCUT2D eigenvalue weighted by molar-refractivity contribution is -0.202. The number of fused-ring (bicyclic) bond motifs is 7. The Morgan fingerprint density at radius 2 is 1.74 bits per heavy atom. The number of hydrogen-bond acceptors (Lipinski definition) is 6. The molecule has 2 unspecified atom stereocenters. The van der Waals surface area contributed by atoms with Crippen molar-refractivity contribution in [2.24, 2.45) is 56.7 Å². The number of hydrogen-bond donors (Lipinski definition) is 2. The highest BCUT2D eigenvalue weighted by Crippen LogP contribution is 2.77. The molecule has 0 aliphatic heterocycles. The number of esters is 1. The molecule has 2 N–H and O–H groups in total. The van der Waals surface area contributed by atoms with Gasteiger partial charge < -0.3 is 20.1 Å². The molecule has 50 heavy (non-hydrogen) atoms. The maximum Gasteiger partial charge on any atom is 0.309 e. The lowest BCUT2D eigenvalue weighted by Crippen LogP contribution is -2.65. The maximum absolute atomic E-state index is 14.0. The average molecular weight is 691 g/mol. The molecular formula is C44H70N2O4. The van der Waals surface area contributed by atoms with Gasteiger partial charge in [0.25, 0.3) is 0 Å². The molecule has 0 aromatic carbocycles. The normalized spacial score (nSPS) is 40.1. The van der Waals surface area contributed by atoms with Gasteiger partial charge in [-0.1, -0.05) is 66.2 Å². The molecule has 0 amide bonds. The highest BCUT2D eigenvalue weighted by atomic mass is 16.5. The third kappa shape index (κ3) is 5.75. The van der Waals surface area contributed by atoms with Crippen molar-refractivity contribution in [3.8, 4) is 0 Å². The van der Waals surface area contributed by atoms with E-state index in [-0.39, 0.29) is 39.5 Å². The third-order valence-corrected chi connectivity index (χ3v) is 16.2. The van der Waals surface area contributed by atoms with Crippen LogP contribution in [0.3, 0.4) is 0 Å². The van der Waals surface area contributed by atoms with Crippen LogP contribution in [0.1, 0.15) is 126 Å². The molecule has 0 heterocycles. The molecule has 3 saturated carbocycles. The molecule has 0 bridgehead atoms. The van der Waals surface area contributed by atoms with Crippen LogP contribution in [-0.4, -0.2) is 68.2 Å². The minimum absolute atomic E-state index is 0.00115. The monoisotopic (exact) mass is 691 g/mol. The van der Waals surface area contributed by atoms with E-state index in [0.29, 0.717) is 43.1 Å². The fourth-order valence-electron chi connectivity index (χ4n) is 13.5. The van der Waals surface area contributed by atoms with Crippen LogP contribution in [0.5, 0.6) is 0 Å². The van der Waals surface area contributed by atoms with Gasteiger partial charge in [-0.2, -0.15) is 0 Å². The van der Waals surface area contributed by atoms with Gasteiger partial charge in [0.05, 0.1) is 18.6 Å². The van der Waals surface area contributed by atoms with E-state index in [1.807, 2.05) is 6.92 Å². The fourth-order valence-corrected chi connectivity index (χ4v) is 13.5. The van der Waals surface area contributed by atoms with Crippen molar-refractivity contribution in [2.75, 3.05) is 40.3 Å². The minimum atomic E-state index is -0.549. The highest BCUT2D eigenvalue weighted by molar-refractivity contribution is 6.00. The second kappa shape index (κ2) is 13.6. The highest BCUT2D eigenvalue weighted by Gasteiger charge is 2.70. The SMILES string of the molecule is CCOC(=O)C1CC=C(C2=CC[C@]3(C)[C@H]4CC[C@@H]5C6=C(C(C)C)C(=O)C[C@]6(C(O)CNCCN(C)C)CC[C@@]5(C)[C@]4(C)CC[C@H]3C2(C)C)CC1. The van der Waals surface area contributed by atoms with Gasteiger partial charge >= 0.3 is 5.97 Å². The molecule has 9 atom stereocenters. The van der Waals surface area contributed by atoms with Crippen molar-refractivity contribution in [2.45, 2.75) is 132 Å². The standard InChI is InChI=1S/C44H70N2O4/c1-11-50-39(49)30-14-12-29(13-15-30)31-18-20-41(6)34(40(31,4)5)19-21-43(8)35(41)17-16-32-38-37(28(2)3)33(47)26-44(38,23-22-42(32,43)7)36(48)27-45-24-25-46(9)10/h12,18,28,30,32,34-36,45,48H,11,13-17,19-27H2,1-10H3/t30?,32-,34+,35-,36?,41+,42-,43-,44+/m1/s1. The summed E-state index contributed by atoms with van der Waals surface area (Å²) in [6.45, 7) is 22.0. The molecule has 0 aromatic heterocycles. The number of ketones is 1. The summed E-state index contributed by atoms with van der Waals surface area (Å²) in [5.41, 5.74) is 5.56. The lowest BCUT2D eigenvalue weighted by Gasteiger charge is -2.71. The first-order chi connectivity index (χ1) is 23.5. The summed E-state index contributed by atoms with van der Waals surface area (Å²) in [4.78, 5) is 28.6. The second-order valence-electron chi connectivity index (χ2n) is 19.4. The van der Waals surface area contributed by atoms with Crippen LogP contribution in [0.2, 0.25) is 0 Å². The first-order valence-corrected chi connectivity index (χ1v) is 20.4. The van der Waals surface area contributed by atoms with Gasteiger partial charge in [0.1, 0.15) is 0 Å². The number of carbonyl (C=O) groups excluding carboxylic acids is 2. The van der Waals surface area contributed by atoms with E-state index in [2.05, 4.69) is 84.9 Å². The molecule has 6 aliphatic carbocycles. The Bertz CT molecular complexity index is 1440. The molecule has 3 fully saturated rings. The summed E-state index contributed by atoms with van der Waals surface area (Å²) in [7, 11) is 4.16. The predicted molar refractivity (Wildman–Crippen MR) is 202 cm³/mol. The Balaban J connectivity index is 1.30. The quantitative estimate of drug-likeness (QED) is 0.177. The van der Waals surface area contributed by atoms with Gasteiger partial charge in [0.2, 0.25) is 0 Å². The van der Waals surface area contributed by atoms with Crippen LogP contribution in [0.15, 0.2) is 34.4 Å². The van der Waals surface area contributed by atoms with E-state index in [9.17, 15) is 14.7 Å². The number of allylic oxidation sites excluding steroid dienone is 5. The van der Waals surface area contributed by atoms with Crippen molar-refractivity contribution in [1.29, 1.82) is 0 Å². The molecule has 6 nitrogen and oxygen atoms in total. The Hall–Kier alpha value is -1.76. The number of nitrogens with one attached hydrogen (secondary N) is 1. The smallest absolute Gasteiger partial charge is 0.309 e. The summed E-state index contributed by atoms with van der Waals surface area (Å²) in [6, 6.07) is 0. The average Bonchev–Trinajstić information content (AvgIpc) is 3.36. The number of nitrogens with zero attached hydrogens (tertiary/aromatic N) is 1. The molecule has 6 rings (SSSR count). The van der Waals surface area contributed by atoms with Gasteiger partial charge in [0, 0.05) is 31.5 Å². The zero-order valence-corrected chi connectivity index (χ0v) is 33.3. The van der Waals surface area contributed by atoms with E-state index >= 15 is 0 Å². The zero-order valence-electron chi connectivity index (χ0n) is 33.3. The number of aliphatic hydroxyl groups excluding tert-OH is 1. The Morgan fingerprint density at radius 3 is 2.38 bits per heavy atom. The molecule has 0 radical (unpaired) electrons. The molecule has 0 saturated heterocycles. The molecule has 280 valence electrons. The molecular weight excluding hydrogens is 620 g/mol. The molecule has 6 aliphatic rings. The first kappa shape index (κ1) is 38.0. The van der Waals surface area contributed by atoms with Crippen molar-refractivity contribution >= 4 is 11.8 Å². The summed E-state index contributed by atoms with van der Waals surface area (Å²) in [6.07, 6.45) is 15.5. The van der Waals surface area contributed by atoms with E-state index < -0.39 is 11.5 Å². The topological polar surface area (TPSA) is 78.9 Å². The number of aliphatic hydroxyl groups is 1. The Kier molecular flexibility index (Phi) is 10.3. The summed E-state index contributed by atoms with van der Waals surface area (Å²) < 4.78 is 5.36. The molecule has 0 spiro atoms. The van der Waals surface area contributed by atoms with Crippen molar-refractivity contribution in [3.05, 3.63) is 34.4 Å². The van der Waals surface area contributed by atoms with Crippen LogP contribution in [0.4, 0.5) is 0 Å². The maximum atomic E-state index is 14.0. The van der Waals surface area contributed by atoms with Gasteiger partial charge in [-0.05, 0) is 147 Å². The predicted octanol–water partition coefficient (Wildman–Crippen LogP) is 8.31. The van der Waals surface area contributed by atoms with Crippen LogP contribution >= 0.6 is 0 Å². The summed E-state index contributed by atoms with van der Waals surface area (Å²) >= 11 is 0. The van der Waals surface area contributed by atoms with Gasteiger partial charge in [-0.25, -0.2) is 0 Å². The Labute approximate surface area is 304 Å². The molecule has 0 aromatic rings. The third-order valence-electron chi connectivity index (χ3n) is 16.2. The van der Waals surface area contributed by atoms with Crippen LogP contribution in [0, 0.1) is 56.7 Å². The first-order valence-electron chi connectivity index (χ1n) is 20.4. The number of likely N-dealkylation sites (N-methyl/N-ethyl adjacent to an activating group) is 1. The zero-order chi connectivity index (χ0) is 36.4. The number of rotatable bonds is 10. The molecule has 6 heteroatoms. The summed E-state index contributed by atoms with van der Waals surface area (Å²) in [5.74, 6) is 2.01. The minimum Gasteiger partial charge on any atom is -0.466 e. The van der Waals surface area contributed by atoms with Crippen molar-refractivity contribution in [3.63, 3.8) is 0 Å². The summed E-state index contributed by atoms with van der Waals surface area (Å²) in [5, 5.41) is 15.6. The van der Waals surface area contributed by atoms with Crippen molar-refractivity contribution in [1.82, 2.24) is 10.2 Å². The fraction of sp³-hybridized carbons (Fsp3) is 0.818. The largest absolute Gasteiger partial charge is 0.466 e. The Morgan fingerprint density at radius 1 is 1.00 bits per heavy atom. The number of Topliss-reactive ketones (excluding diaryl/α,β-unsaturated/α-hetero) is 1. The lowest BCUT2D eigenvalue weighted by atomic mass is 9.33. The number of carbonyl (C=O) groups is 2. The van der Waals surface area contributed by atoms with Gasteiger partial charge in [-0.3, -0.25) is 9.59 Å². The number of ether oxygens (including phenoxy) is 1. The second-order valence-corrected chi connectivity index (χ2v) is 19.4. The van der Waals surface area contributed by atoms with Crippen LogP contribution < -0.4 is 5.32 Å². The van der Waals surface area contributed by atoms with Crippen LogP contribution in [0.25, 0.3) is 0 Å². The van der Waals surface area contributed by atoms with Crippen LogP contribution in [-0.2, 0) is 14.3 Å². The van der Waals surface area contributed by atoms with Crippen molar-refractivity contribution < 1.29 is 19.4 Å².